The molecule has 239 valence electrons. The molecule has 0 unspecified atom stereocenters. The number of aryl methyl sites for hydroxylation is 1. The van der Waals surface area contributed by atoms with Crippen LogP contribution in [-0.2, 0) is 33.0 Å². The Hall–Kier alpha value is -4.38. The maximum atomic E-state index is 8.55. The Morgan fingerprint density at radius 1 is 1.00 bits per heavy atom. The molecule has 0 aliphatic carbocycles. The van der Waals surface area contributed by atoms with Gasteiger partial charge in [-0.2, -0.15) is 0 Å². The summed E-state index contributed by atoms with van der Waals surface area (Å²) in [6.07, 6.45) is 4.44. The largest absolute Gasteiger partial charge is 0.486 e. The van der Waals surface area contributed by atoms with Gasteiger partial charge in [-0.3, -0.25) is 4.98 Å². The average molecular weight is 800 g/mol. The average Bonchev–Trinajstić information content (AvgIpc) is 3.67. The number of fused-ring (bicyclic) bond motifs is 3. The Morgan fingerprint density at radius 3 is 2.64 bits per heavy atom. The van der Waals surface area contributed by atoms with Gasteiger partial charge in [-0.1, -0.05) is 69.4 Å². The number of aromatic nitrogens is 4. The van der Waals surface area contributed by atoms with Crippen molar-refractivity contribution in [3.63, 3.8) is 0 Å². The van der Waals surface area contributed by atoms with Crippen LogP contribution in [-0.4, -0.2) is 19.5 Å². The summed E-state index contributed by atoms with van der Waals surface area (Å²) in [4.78, 5) is 13.5. The number of allylic oxidation sites excluding steroid dienone is 1. The third-order valence-corrected chi connectivity index (χ3v) is 7.93. The molecule has 0 saturated carbocycles. The van der Waals surface area contributed by atoms with Gasteiger partial charge in [-0.25, -0.2) is 4.98 Å². The zero-order valence-corrected chi connectivity index (χ0v) is 29.4. The van der Waals surface area contributed by atoms with Crippen molar-refractivity contribution in [2.45, 2.75) is 60.3 Å². The maximum absolute atomic E-state index is 8.55. The molecule has 1 aliphatic rings. The molecule has 0 N–H and O–H groups in total. The molecule has 8 rings (SSSR count). The molecule has 47 heavy (non-hydrogen) atoms. The monoisotopic (exact) mass is 800 g/mol. The third kappa shape index (κ3) is 6.58. The number of benzene rings is 3. The van der Waals surface area contributed by atoms with E-state index in [1.807, 2.05) is 45.0 Å². The molecule has 6 heteroatoms. The van der Waals surface area contributed by atoms with Crippen molar-refractivity contribution in [1.82, 2.24) is 19.5 Å². The first-order valence-corrected chi connectivity index (χ1v) is 15.5. The molecule has 1 aliphatic heterocycles. The van der Waals surface area contributed by atoms with Gasteiger partial charge in [0.25, 0.3) is 0 Å². The van der Waals surface area contributed by atoms with E-state index in [4.69, 9.17) is 16.3 Å². The first-order chi connectivity index (χ1) is 24.1. The van der Waals surface area contributed by atoms with E-state index < -0.39 is 18.6 Å². The summed E-state index contributed by atoms with van der Waals surface area (Å²) in [7, 11) is 0. The number of hydrogen-bond acceptors (Lipinski definition) is 4. The van der Waals surface area contributed by atoms with Crippen molar-refractivity contribution in [2.24, 2.45) is 5.41 Å². The molecular weight excluding hydrogens is 757 g/mol. The van der Waals surface area contributed by atoms with Crippen LogP contribution in [0.25, 0.3) is 61.8 Å². The van der Waals surface area contributed by atoms with Crippen LogP contribution >= 0.6 is 0 Å². The Bertz CT molecular complexity index is 2440. The summed E-state index contributed by atoms with van der Waals surface area (Å²) >= 11 is 0. The van der Waals surface area contributed by atoms with Crippen LogP contribution in [0.3, 0.4) is 0 Å². The minimum absolute atomic E-state index is 0. The molecule has 4 aromatic heterocycles. The Morgan fingerprint density at radius 2 is 1.87 bits per heavy atom. The number of hydrogen-bond donors (Lipinski definition) is 0. The van der Waals surface area contributed by atoms with Crippen molar-refractivity contribution < 1.29 is 31.4 Å². The summed E-state index contributed by atoms with van der Waals surface area (Å²) in [5, 5.41) is 1.48. The van der Waals surface area contributed by atoms with E-state index in [0.29, 0.717) is 33.7 Å². The van der Waals surface area contributed by atoms with Crippen molar-refractivity contribution in [1.29, 1.82) is 0 Å². The van der Waals surface area contributed by atoms with Crippen LogP contribution in [0.1, 0.15) is 69.8 Å². The van der Waals surface area contributed by atoms with Gasteiger partial charge in [0.15, 0.2) is 0 Å². The van der Waals surface area contributed by atoms with Crippen molar-refractivity contribution in [3.8, 4) is 22.6 Å². The number of nitrogens with zero attached hydrogens (tertiary/aromatic N) is 4. The predicted octanol–water partition coefficient (Wildman–Crippen LogP) is 10.4. The second-order valence-corrected chi connectivity index (χ2v) is 12.9. The van der Waals surface area contributed by atoms with Crippen molar-refractivity contribution in [3.05, 3.63) is 120 Å². The first kappa shape index (κ1) is 26.7. The standard InChI is InChI=1S/C22H21N2O.C19H17N2.Ir/c1-14-8-9-17-16-6-5-7-18(20(16)25-21(17)24-14)19-12-15(10-11-23-19)13-22(2,3)4;1-13(2)16-11-15-9-6-10-21-18(15)17(12-16)20-19(21)14-7-4-3-5-8-14;/h5-6,8-12H,13H2,1-4H3;3-7,9,11-13H,10H2,1-2H3;/q2*-1;/i1D3,13D2;;. The van der Waals surface area contributed by atoms with Gasteiger partial charge in [-0.15, -0.1) is 54.1 Å². The summed E-state index contributed by atoms with van der Waals surface area (Å²) in [5.41, 5.74) is 7.73. The maximum Gasteiger partial charge on any atom is 0.216 e. The Balaban J connectivity index is 0.000000185. The second kappa shape index (κ2) is 13.0. The molecule has 0 fully saturated rings. The summed E-state index contributed by atoms with van der Waals surface area (Å²) < 4.78 is 48.0. The van der Waals surface area contributed by atoms with Crippen LogP contribution in [0.4, 0.5) is 0 Å². The van der Waals surface area contributed by atoms with Crippen LogP contribution in [0.5, 0.6) is 0 Å². The molecule has 7 aromatic rings. The normalized spacial score (nSPS) is 14.6. The minimum Gasteiger partial charge on any atom is -0.486 e. The smallest absolute Gasteiger partial charge is 0.216 e. The Labute approximate surface area is 297 Å². The Kier molecular flexibility index (Phi) is 7.39. The molecule has 0 amide bonds. The van der Waals surface area contributed by atoms with Crippen LogP contribution in [0.15, 0.2) is 89.5 Å². The number of rotatable bonds is 4. The van der Waals surface area contributed by atoms with Gasteiger partial charge in [0.05, 0.1) is 22.4 Å². The van der Waals surface area contributed by atoms with E-state index in [-0.39, 0.29) is 31.5 Å². The molecule has 5 heterocycles. The van der Waals surface area contributed by atoms with Gasteiger partial charge >= 0.3 is 0 Å². The molecule has 0 spiro atoms. The number of pyridine rings is 2. The van der Waals surface area contributed by atoms with E-state index in [2.05, 4.69) is 70.9 Å². The fraction of sp³-hybridized carbons (Fsp3) is 0.244. The predicted molar refractivity (Wildman–Crippen MR) is 189 cm³/mol. The summed E-state index contributed by atoms with van der Waals surface area (Å²) in [6.45, 7) is 8.57. The zero-order chi connectivity index (χ0) is 36.3. The zero-order valence-electron chi connectivity index (χ0n) is 32.0. The van der Waals surface area contributed by atoms with Gasteiger partial charge < -0.3 is 14.0 Å². The molecule has 0 saturated heterocycles. The van der Waals surface area contributed by atoms with E-state index in [0.717, 1.165) is 28.8 Å². The van der Waals surface area contributed by atoms with Crippen molar-refractivity contribution in [2.75, 3.05) is 0 Å². The quantitative estimate of drug-likeness (QED) is 0.166. The molecule has 0 bridgehead atoms. The van der Waals surface area contributed by atoms with Crippen LogP contribution in [0.2, 0.25) is 0 Å². The fourth-order valence-electron chi connectivity index (χ4n) is 5.88. The second-order valence-electron chi connectivity index (χ2n) is 12.9. The fourth-order valence-corrected chi connectivity index (χ4v) is 5.88. The van der Waals surface area contributed by atoms with Crippen LogP contribution < -0.4 is 0 Å². The molecule has 1 radical (unpaired) electrons. The number of imidazole rings is 1. The van der Waals surface area contributed by atoms with Crippen molar-refractivity contribution >= 4 is 39.2 Å². The third-order valence-electron chi connectivity index (χ3n) is 7.93. The molecule has 0 atom stereocenters. The SMILES string of the molecule is CC(C)c1cc2c3c(c1)nc(-c1[c-]cccc1)n3CC=C2.[2H]C([2H])([2H])c1ccc2c(n1)oc1c(-c3cc(C([2H])([2H])C(C)(C)C)ccn3)[c-]ccc12.[Ir]. The van der Waals surface area contributed by atoms with Crippen LogP contribution in [0, 0.1) is 24.4 Å². The van der Waals surface area contributed by atoms with E-state index in [9.17, 15) is 0 Å². The van der Waals surface area contributed by atoms with E-state index in [1.165, 1.54) is 22.7 Å². The van der Waals surface area contributed by atoms with E-state index >= 15 is 0 Å². The van der Waals surface area contributed by atoms with Gasteiger partial charge in [0.2, 0.25) is 5.71 Å². The summed E-state index contributed by atoms with van der Waals surface area (Å²) in [5.74, 6) is 1.52. The van der Waals surface area contributed by atoms with Gasteiger partial charge in [0, 0.05) is 50.8 Å². The molecule has 3 aromatic carbocycles. The van der Waals surface area contributed by atoms with Gasteiger partial charge in [0.1, 0.15) is 0 Å². The minimum atomic E-state index is -2.32. The summed E-state index contributed by atoms with van der Waals surface area (Å²) in [6, 6.07) is 29.1. The van der Waals surface area contributed by atoms with E-state index in [1.54, 1.807) is 30.5 Å². The molecular formula is C41H38IrN4O-2. The molecule has 5 nitrogen and oxygen atoms in total. The first-order valence-electron chi connectivity index (χ1n) is 18.0. The van der Waals surface area contributed by atoms with Gasteiger partial charge in [-0.05, 0) is 71.7 Å². The topological polar surface area (TPSA) is 56.7 Å². The number of furan rings is 1.